The number of halogens is 1. The first-order valence-corrected chi connectivity index (χ1v) is 7.00. The highest BCUT2D eigenvalue weighted by atomic mass is 35.5. The molecule has 20 heavy (non-hydrogen) atoms. The number of amides is 1. The number of aromatic nitrogens is 1. The minimum absolute atomic E-state index is 0.175. The number of hydrogen-bond donors (Lipinski definition) is 1. The number of carbonyl (C=O) groups is 1. The molecular weight excluding hydrogens is 276 g/mol. The van der Waals surface area contributed by atoms with Crippen molar-refractivity contribution in [1.29, 1.82) is 0 Å². The third kappa shape index (κ3) is 2.56. The van der Waals surface area contributed by atoms with E-state index in [1.807, 2.05) is 24.3 Å². The van der Waals surface area contributed by atoms with Gasteiger partial charge in [-0.05, 0) is 37.3 Å². The van der Waals surface area contributed by atoms with Crippen LogP contribution in [-0.4, -0.2) is 17.1 Å². The Balaban J connectivity index is 1.56. The van der Waals surface area contributed by atoms with Gasteiger partial charge in [0, 0.05) is 17.1 Å². The molecule has 1 saturated carbocycles. The zero-order chi connectivity index (χ0) is 14.1. The smallest absolute Gasteiger partial charge is 0.290 e. The van der Waals surface area contributed by atoms with Gasteiger partial charge in [0.05, 0.1) is 5.69 Å². The molecule has 104 valence electrons. The van der Waals surface area contributed by atoms with Crippen LogP contribution in [0.25, 0.3) is 0 Å². The molecule has 1 aromatic heterocycles. The Morgan fingerprint density at radius 3 is 2.80 bits per heavy atom. The Morgan fingerprint density at radius 1 is 1.40 bits per heavy atom. The average Bonchev–Trinajstić information content (AvgIpc) is 2.81. The summed E-state index contributed by atoms with van der Waals surface area (Å²) in [5.74, 6) is 0.488. The summed E-state index contributed by atoms with van der Waals surface area (Å²) >= 11 is 6.17. The van der Waals surface area contributed by atoms with Crippen molar-refractivity contribution in [3.63, 3.8) is 0 Å². The Bertz CT molecular complexity index is 632. The predicted molar refractivity (Wildman–Crippen MR) is 75.9 cm³/mol. The molecule has 1 aromatic carbocycles. The molecular formula is C15H15ClN2O2. The Morgan fingerprint density at radius 2 is 2.15 bits per heavy atom. The summed E-state index contributed by atoms with van der Waals surface area (Å²) in [6, 6.07) is 9.68. The lowest BCUT2D eigenvalue weighted by Crippen LogP contribution is -2.43. The van der Waals surface area contributed by atoms with Gasteiger partial charge in [-0.1, -0.05) is 35.0 Å². The number of rotatable bonds is 3. The summed E-state index contributed by atoms with van der Waals surface area (Å²) in [7, 11) is 0. The van der Waals surface area contributed by atoms with Crippen LogP contribution in [0.15, 0.2) is 34.9 Å². The van der Waals surface area contributed by atoms with Gasteiger partial charge in [0.2, 0.25) is 5.76 Å². The number of nitrogens with one attached hydrogen (secondary N) is 1. The van der Waals surface area contributed by atoms with Crippen LogP contribution >= 0.6 is 11.6 Å². The fourth-order valence-electron chi connectivity index (χ4n) is 2.52. The summed E-state index contributed by atoms with van der Waals surface area (Å²) in [6.45, 7) is 1.79. The molecule has 0 bridgehead atoms. The minimum atomic E-state index is -0.201. The standard InChI is InChI=1S/C15H15ClN2O2/c1-9-6-14(20-18-9)15(19)17-11-7-10(8-11)12-4-2-3-5-13(12)16/h2-6,10-11H,7-8H2,1H3,(H,17,19). The quantitative estimate of drug-likeness (QED) is 0.943. The van der Waals surface area contributed by atoms with E-state index in [4.69, 9.17) is 16.1 Å². The molecule has 0 saturated heterocycles. The van der Waals surface area contributed by atoms with Gasteiger partial charge in [0.1, 0.15) is 0 Å². The van der Waals surface area contributed by atoms with Gasteiger partial charge in [-0.2, -0.15) is 0 Å². The van der Waals surface area contributed by atoms with Gasteiger partial charge in [-0.15, -0.1) is 0 Å². The summed E-state index contributed by atoms with van der Waals surface area (Å²) < 4.78 is 4.94. The molecule has 3 rings (SSSR count). The highest BCUT2D eigenvalue weighted by Crippen LogP contribution is 2.39. The van der Waals surface area contributed by atoms with Gasteiger partial charge in [0.15, 0.2) is 0 Å². The van der Waals surface area contributed by atoms with Crippen molar-refractivity contribution in [3.8, 4) is 0 Å². The molecule has 1 heterocycles. The number of aryl methyl sites for hydroxylation is 1. The van der Waals surface area contributed by atoms with Gasteiger partial charge in [-0.3, -0.25) is 4.79 Å². The van der Waals surface area contributed by atoms with Crippen LogP contribution in [0.3, 0.4) is 0 Å². The maximum atomic E-state index is 11.9. The molecule has 0 spiro atoms. The Kier molecular flexibility index (Phi) is 3.49. The van der Waals surface area contributed by atoms with Gasteiger partial charge in [-0.25, -0.2) is 0 Å². The van der Waals surface area contributed by atoms with Crippen LogP contribution in [0.2, 0.25) is 5.02 Å². The Labute approximate surface area is 122 Å². The number of hydrogen-bond acceptors (Lipinski definition) is 3. The van der Waals surface area contributed by atoms with Crippen LogP contribution < -0.4 is 5.32 Å². The van der Waals surface area contributed by atoms with Gasteiger partial charge < -0.3 is 9.84 Å². The summed E-state index contributed by atoms with van der Waals surface area (Å²) in [6.07, 6.45) is 1.81. The van der Waals surface area contributed by atoms with Crippen molar-refractivity contribution < 1.29 is 9.32 Å². The van der Waals surface area contributed by atoms with E-state index < -0.39 is 0 Å². The highest BCUT2D eigenvalue weighted by Gasteiger charge is 2.33. The topological polar surface area (TPSA) is 55.1 Å². The molecule has 0 atom stereocenters. The molecule has 0 radical (unpaired) electrons. The van der Waals surface area contributed by atoms with Crippen molar-refractivity contribution in [3.05, 3.63) is 52.4 Å². The molecule has 5 heteroatoms. The van der Waals surface area contributed by atoms with Crippen LogP contribution in [0.4, 0.5) is 0 Å². The van der Waals surface area contributed by atoms with E-state index in [1.54, 1.807) is 13.0 Å². The molecule has 1 aliphatic rings. The van der Waals surface area contributed by atoms with Crippen molar-refractivity contribution in [1.82, 2.24) is 10.5 Å². The lowest BCUT2D eigenvalue weighted by molar-refractivity contribution is 0.0871. The average molecular weight is 291 g/mol. The second kappa shape index (κ2) is 5.29. The maximum Gasteiger partial charge on any atom is 0.290 e. The molecule has 2 aromatic rings. The van der Waals surface area contributed by atoms with Crippen molar-refractivity contribution in [2.24, 2.45) is 0 Å². The monoisotopic (exact) mass is 290 g/mol. The van der Waals surface area contributed by atoms with Gasteiger partial charge >= 0.3 is 0 Å². The number of carbonyl (C=O) groups excluding carboxylic acids is 1. The normalized spacial score (nSPS) is 21.3. The molecule has 0 unspecified atom stereocenters. The summed E-state index contributed by atoms with van der Waals surface area (Å²) in [4.78, 5) is 11.9. The van der Waals surface area contributed by atoms with Crippen LogP contribution in [-0.2, 0) is 0 Å². The van der Waals surface area contributed by atoms with Crippen LogP contribution in [0.5, 0.6) is 0 Å². The number of benzene rings is 1. The zero-order valence-corrected chi connectivity index (χ0v) is 11.9. The third-order valence-electron chi connectivity index (χ3n) is 3.67. The van der Waals surface area contributed by atoms with E-state index in [1.165, 1.54) is 0 Å². The first kappa shape index (κ1) is 13.2. The molecule has 0 aliphatic heterocycles. The van der Waals surface area contributed by atoms with E-state index in [0.29, 0.717) is 11.6 Å². The van der Waals surface area contributed by atoms with Crippen molar-refractivity contribution in [2.75, 3.05) is 0 Å². The summed E-state index contributed by atoms with van der Waals surface area (Å²) in [5.41, 5.74) is 1.87. The first-order chi connectivity index (χ1) is 9.63. The van der Waals surface area contributed by atoms with Crippen LogP contribution in [0, 0.1) is 6.92 Å². The molecule has 1 fully saturated rings. The molecule has 1 aliphatic carbocycles. The zero-order valence-electron chi connectivity index (χ0n) is 11.1. The van der Waals surface area contributed by atoms with E-state index in [-0.39, 0.29) is 17.7 Å². The lowest BCUT2D eigenvalue weighted by Gasteiger charge is -2.36. The molecule has 1 amide bonds. The predicted octanol–water partition coefficient (Wildman–Crippen LogP) is 3.31. The SMILES string of the molecule is Cc1cc(C(=O)NC2CC(c3ccccc3Cl)C2)on1. The fraction of sp³-hybridized carbons (Fsp3) is 0.333. The van der Waals surface area contributed by atoms with E-state index in [9.17, 15) is 4.79 Å². The van der Waals surface area contributed by atoms with Crippen LogP contribution in [0.1, 0.15) is 40.6 Å². The van der Waals surface area contributed by atoms with Gasteiger partial charge in [0.25, 0.3) is 5.91 Å². The van der Waals surface area contributed by atoms with Crippen molar-refractivity contribution >= 4 is 17.5 Å². The molecule has 4 nitrogen and oxygen atoms in total. The first-order valence-electron chi connectivity index (χ1n) is 6.62. The second-order valence-corrected chi connectivity index (χ2v) is 5.60. The fourth-order valence-corrected chi connectivity index (χ4v) is 2.81. The van der Waals surface area contributed by atoms with E-state index in [0.717, 1.165) is 23.4 Å². The highest BCUT2D eigenvalue weighted by molar-refractivity contribution is 6.31. The maximum absolute atomic E-state index is 11.9. The van der Waals surface area contributed by atoms with E-state index in [2.05, 4.69) is 10.5 Å². The minimum Gasteiger partial charge on any atom is -0.351 e. The Hall–Kier alpha value is -1.81. The lowest BCUT2D eigenvalue weighted by atomic mass is 9.76. The molecule has 1 N–H and O–H groups in total. The second-order valence-electron chi connectivity index (χ2n) is 5.19. The summed E-state index contributed by atoms with van der Waals surface area (Å²) in [5, 5.41) is 7.46. The number of nitrogens with zero attached hydrogens (tertiary/aromatic N) is 1. The van der Waals surface area contributed by atoms with E-state index >= 15 is 0 Å². The third-order valence-corrected chi connectivity index (χ3v) is 4.01. The largest absolute Gasteiger partial charge is 0.351 e. The van der Waals surface area contributed by atoms with Crippen molar-refractivity contribution in [2.45, 2.75) is 31.7 Å².